The fourth-order valence-corrected chi connectivity index (χ4v) is 5.39. The summed E-state index contributed by atoms with van der Waals surface area (Å²) in [5, 5.41) is 10.6. The van der Waals surface area contributed by atoms with E-state index in [1.807, 2.05) is 42.5 Å². The second-order valence-corrected chi connectivity index (χ2v) is 9.64. The van der Waals surface area contributed by atoms with Crippen LogP contribution in [-0.4, -0.2) is 40.9 Å². The lowest BCUT2D eigenvalue weighted by Crippen LogP contribution is -2.34. The summed E-state index contributed by atoms with van der Waals surface area (Å²) in [6, 6.07) is 18.2. The summed E-state index contributed by atoms with van der Waals surface area (Å²) in [5.41, 5.74) is 5.16. The second-order valence-electron chi connectivity index (χ2n) is 8.65. The van der Waals surface area contributed by atoms with E-state index in [1.165, 1.54) is 0 Å². The zero-order chi connectivity index (χ0) is 23.3. The molecule has 5 rings (SSSR count). The molecule has 0 spiro atoms. The van der Waals surface area contributed by atoms with Gasteiger partial charge in [0.05, 0.1) is 18.2 Å². The van der Waals surface area contributed by atoms with E-state index in [4.69, 9.17) is 4.74 Å². The number of nitrogens with zero attached hydrogens (tertiary/aromatic N) is 2. The molecule has 0 radical (unpaired) electrons. The van der Waals surface area contributed by atoms with Crippen LogP contribution in [0.1, 0.15) is 29.7 Å². The number of ether oxygens (including phenoxy) is 1. The first kappa shape index (κ1) is 22.7. The van der Waals surface area contributed by atoms with E-state index in [0.29, 0.717) is 12.4 Å². The van der Waals surface area contributed by atoms with Crippen molar-refractivity contribution in [3.63, 3.8) is 0 Å². The standard InChI is InChI=1S/C26H28N4O3S/c31-24(13-18-8-10-20(11-9-18)19-5-2-1-3-6-19)28-26-22-16-34-17-23(22)29-30(26)15-25(32)27-14-21-7-4-12-33-21/h1-3,5-6,8-11,21H,4,7,12-17H2,(H,27,32)(H,28,31). The number of carbonyl (C=O) groups excluding carboxylic acids is 2. The molecule has 0 aliphatic carbocycles. The van der Waals surface area contributed by atoms with Crippen LogP contribution in [-0.2, 0) is 38.8 Å². The van der Waals surface area contributed by atoms with Crippen molar-refractivity contribution in [1.82, 2.24) is 15.1 Å². The number of hydrogen-bond acceptors (Lipinski definition) is 5. The van der Waals surface area contributed by atoms with Crippen LogP contribution in [0.2, 0.25) is 0 Å². The smallest absolute Gasteiger partial charge is 0.241 e. The molecule has 1 atom stereocenters. The lowest BCUT2D eigenvalue weighted by atomic mass is 10.0. The van der Waals surface area contributed by atoms with Crippen LogP contribution in [0.15, 0.2) is 54.6 Å². The highest BCUT2D eigenvalue weighted by Gasteiger charge is 2.25. The molecule has 0 bridgehead atoms. The summed E-state index contributed by atoms with van der Waals surface area (Å²) in [4.78, 5) is 25.4. The Labute approximate surface area is 203 Å². The molecule has 3 heterocycles. The Balaban J connectivity index is 1.22. The first-order valence-electron chi connectivity index (χ1n) is 11.6. The predicted molar refractivity (Wildman–Crippen MR) is 133 cm³/mol. The molecule has 0 saturated carbocycles. The Morgan fingerprint density at radius 1 is 1.03 bits per heavy atom. The number of carbonyl (C=O) groups is 2. The Bertz CT molecular complexity index is 1150. The van der Waals surface area contributed by atoms with Gasteiger partial charge >= 0.3 is 0 Å². The van der Waals surface area contributed by atoms with E-state index >= 15 is 0 Å². The van der Waals surface area contributed by atoms with Crippen molar-refractivity contribution in [2.45, 2.75) is 43.4 Å². The number of rotatable bonds is 8. The van der Waals surface area contributed by atoms with E-state index in [9.17, 15) is 9.59 Å². The molecular formula is C26H28N4O3S. The van der Waals surface area contributed by atoms with Crippen LogP contribution in [0.25, 0.3) is 11.1 Å². The van der Waals surface area contributed by atoms with Gasteiger partial charge in [0.25, 0.3) is 0 Å². The number of nitrogens with one attached hydrogen (secondary N) is 2. The minimum Gasteiger partial charge on any atom is -0.376 e. The zero-order valence-electron chi connectivity index (χ0n) is 19.0. The summed E-state index contributed by atoms with van der Waals surface area (Å²) in [5.74, 6) is 1.97. The largest absolute Gasteiger partial charge is 0.376 e. The maximum Gasteiger partial charge on any atom is 0.241 e. The first-order valence-corrected chi connectivity index (χ1v) is 12.8. The fraction of sp³-hybridized carbons (Fsp3) is 0.346. The number of anilines is 1. The number of thioether (sulfide) groups is 1. The summed E-state index contributed by atoms with van der Waals surface area (Å²) < 4.78 is 7.20. The summed E-state index contributed by atoms with van der Waals surface area (Å²) >= 11 is 1.76. The molecule has 1 unspecified atom stereocenters. The summed E-state index contributed by atoms with van der Waals surface area (Å²) in [7, 11) is 0. The highest BCUT2D eigenvalue weighted by Crippen LogP contribution is 2.34. The van der Waals surface area contributed by atoms with Crippen molar-refractivity contribution < 1.29 is 14.3 Å². The molecule has 1 saturated heterocycles. The summed E-state index contributed by atoms with van der Waals surface area (Å²) in [6.07, 6.45) is 2.36. The van der Waals surface area contributed by atoms with Crippen molar-refractivity contribution >= 4 is 29.4 Å². The van der Waals surface area contributed by atoms with E-state index in [1.54, 1.807) is 16.4 Å². The third-order valence-corrected chi connectivity index (χ3v) is 7.12. The van der Waals surface area contributed by atoms with Gasteiger partial charge < -0.3 is 15.4 Å². The van der Waals surface area contributed by atoms with Gasteiger partial charge in [-0.15, -0.1) is 0 Å². The highest BCUT2D eigenvalue weighted by atomic mass is 32.2. The molecule has 2 N–H and O–H groups in total. The SMILES string of the molecule is O=C(Cn1nc2c(c1NC(=O)Cc1ccc(-c3ccccc3)cc1)CSC2)NCC1CCCO1. The zero-order valence-corrected chi connectivity index (χ0v) is 19.8. The van der Waals surface area contributed by atoms with E-state index in [2.05, 4.69) is 27.9 Å². The number of fused-ring (bicyclic) bond motifs is 1. The lowest BCUT2D eigenvalue weighted by Gasteiger charge is -2.13. The van der Waals surface area contributed by atoms with Crippen LogP contribution in [0.3, 0.4) is 0 Å². The van der Waals surface area contributed by atoms with Gasteiger partial charge in [0.15, 0.2) is 0 Å². The van der Waals surface area contributed by atoms with Crippen molar-refractivity contribution in [1.29, 1.82) is 0 Å². The van der Waals surface area contributed by atoms with Gasteiger partial charge in [-0.1, -0.05) is 54.6 Å². The normalized spacial score (nSPS) is 16.9. The van der Waals surface area contributed by atoms with Gasteiger partial charge in [0.1, 0.15) is 12.4 Å². The minimum atomic E-state index is -0.128. The topological polar surface area (TPSA) is 85.2 Å². The van der Waals surface area contributed by atoms with Gasteiger partial charge in [0.2, 0.25) is 11.8 Å². The molecule has 1 aromatic heterocycles. The average molecular weight is 477 g/mol. The van der Waals surface area contributed by atoms with Crippen molar-refractivity contribution in [3.05, 3.63) is 71.4 Å². The molecule has 2 amide bonds. The number of benzene rings is 2. The molecular weight excluding hydrogens is 448 g/mol. The van der Waals surface area contributed by atoms with Crippen molar-refractivity contribution in [2.24, 2.45) is 0 Å². The predicted octanol–water partition coefficient (Wildman–Crippen LogP) is 3.77. The van der Waals surface area contributed by atoms with Gasteiger partial charge in [-0.25, -0.2) is 4.68 Å². The van der Waals surface area contributed by atoms with Crippen molar-refractivity contribution in [3.8, 4) is 11.1 Å². The second kappa shape index (κ2) is 10.4. The Kier molecular flexibility index (Phi) is 6.97. The van der Waals surface area contributed by atoms with E-state index in [-0.39, 0.29) is 30.9 Å². The third kappa shape index (κ3) is 5.34. The fourth-order valence-electron chi connectivity index (χ4n) is 4.35. The van der Waals surface area contributed by atoms with E-state index < -0.39 is 0 Å². The Morgan fingerprint density at radius 3 is 2.59 bits per heavy atom. The quantitative estimate of drug-likeness (QED) is 0.517. The molecule has 7 nitrogen and oxygen atoms in total. The van der Waals surface area contributed by atoms with Gasteiger partial charge in [-0.05, 0) is 29.5 Å². The van der Waals surface area contributed by atoms with Gasteiger partial charge in [-0.2, -0.15) is 16.9 Å². The molecule has 2 aliphatic heterocycles. The van der Waals surface area contributed by atoms with Crippen LogP contribution < -0.4 is 10.6 Å². The maximum atomic E-state index is 12.9. The molecule has 3 aromatic rings. The van der Waals surface area contributed by atoms with Crippen molar-refractivity contribution in [2.75, 3.05) is 18.5 Å². The monoisotopic (exact) mass is 476 g/mol. The first-order chi connectivity index (χ1) is 16.7. The number of aromatic nitrogens is 2. The highest BCUT2D eigenvalue weighted by molar-refractivity contribution is 7.98. The molecule has 34 heavy (non-hydrogen) atoms. The van der Waals surface area contributed by atoms with Gasteiger partial charge in [-0.3, -0.25) is 9.59 Å². The maximum absolute atomic E-state index is 12.9. The Morgan fingerprint density at radius 2 is 1.82 bits per heavy atom. The molecule has 1 fully saturated rings. The minimum absolute atomic E-state index is 0.0752. The van der Waals surface area contributed by atoms with E-state index in [0.717, 1.165) is 58.9 Å². The molecule has 2 aliphatic rings. The molecule has 8 heteroatoms. The summed E-state index contributed by atoms with van der Waals surface area (Å²) in [6.45, 7) is 1.34. The van der Waals surface area contributed by atoms with Gasteiger partial charge in [0, 0.05) is 30.2 Å². The molecule has 176 valence electrons. The number of amides is 2. The Hall–Kier alpha value is -3.10. The van der Waals surface area contributed by atoms with Crippen LogP contribution in [0.4, 0.5) is 5.82 Å². The van der Waals surface area contributed by atoms with Crippen LogP contribution in [0, 0.1) is 0 Å². The van der Waals surface area contributed by atoms with Crippen LogP contribution >= 0.6 is 11.8 Å². The lowest BCUT2D eigenvalue weighted by molar-refractivity contribution is -0.122. The number of hydrogen-bond donors (Lipinski definition) is 2. The average Bonchev–Trinajstić information content (AvgIpc) is 3.59. The molecule has 2 aromatic carbocycles. The third-order valence-electron chi connectivity index (χ3n) is 6.15. The van der Waals surface area contributed by atoms with Crippen LogP contribution in [0.5, 0.6) is 0 Å².